The lowest BCUT2D eigenvalue weighted by atomic mass is 10.1. The van der Waals surface area contributed by atoms with Crippen LogP contribution >= 0.6 is 11.6 Å². The lowest BCUT2D eigenvalue weighted by Crippen LogP contribution is -2.48. The summed E-state index contributed by atoms with van der Waals surface area (Å²) in [4.78, 5) is 11.6. The Morgan fingerprint density at radius 1 is 1.11 bits per heavy atom. The summed E-state index contributed by atoms with van der Waals surface area (Å²) >= 11 is 5.91. The fourth-order valence-corrected chi connectivity index (χ4v) is 3.73. The summed E-state index contributed by atoms with van der Waals surface area (Å²) < 4.78 is 5.96. The van der Waals surface area contributed by atoms with Crippen LogP contribution < -0.4 is 4.90 Å². The van der Waals surface area contributed by atoms with Crippen molar-refractivity contribution in [3.63, 3.8) is 0 Å². The van der Waals surface area contributed by atoms with E-state index in [0.717, 1.165) is 64.5 Å². The Balaban J connectivity index is 1.30. The zero-order chi connectivity index (χ0) is 19.1. The van der Waals surface area contributed by atoms with Gasteiger partial charge in [0.15, 0.2) is 0 Å². The highest BCUT2D eigenvalue weighted by Crippen LogP contribution is 2.20. The van der Waals surface area contributed by atoms with Crippen LogP contribution in [0.4, 0.5) is 5.82 Å². The minimum absolute atomic E-state index is 0.303. The fourth-order valence-electron chi connectivity index (χ4n) is 3.62. The summed E-state index contributed by atoms with van der Waals surface area (Å²) in [6, 6.07) is 4.52. The summed E-state index contributed by atoms with van der Waals surface area (Å²) in [5.74, 6) is 7.47. The molecule has 2 aliphatic heterocycles. The molecule has 0 atom stereocenters. The van der Waals surface area contributed by atoms with Crippen LogP contribution in [0.15, 0.2) is 18.3 Å². The molecule has 0 aliphatic carbocycles. The molecule has 3 heterocycles. The summed E-state index contributed by atoms with van der Waals surface area (Å²) in [5, 5.41) is 0.678. The van der Waals surface area contributed by atoms with Crippen molar-refractivity contribution in [3.8, 4) is 11.8 Å². The lowest BCUT2D eigenvalue weighted by molar-refractivity contribution is 0.0593. The molecule has 5 nitrogen and oxygen atoms in total. The van der Waals surface area contributed by atoms with E-state index < -0.39 is 0 Å². The number of anilines is 1. The van der Waals surface area contributed by atoms with E-state index in [1.165, 1.54) is 0 Å². The second-order valence-electron chi connectivity index (χ2n) is 7.59. The van der Waals surface area contributed by atoms with Gasteiger partial charge in [-0.1, -0.05) is 23.4 Å². The molecule has 27 heavy (non-hydrogen) atoms. The van der Waals surface area contributed by atoms with Gasteiger partial charge in [0.25, 0.3) is 0 Å². The van der Waals surface area contributed by atoms with E-state index in [-0.39, 0.29) is 0 Å². The molecule has 0 bridgehead atoms. The largest absolute Gasteiger partial charge is 0.365 e. The van der Waals surface area contributed by atoms with Gasteiger partial charge in [0.2, 0.25) is 0 Å². The molecule has 6 heteroatoms. The lowest BCUT2D eigenvalue weighted by Gasteiger charge is -2.36. The standard InChI is InChI=1S/C21H31ClN4O/c1-18(2)25-14-12-24(13-15-25)9-3-4-16-27-20-7-10-26(11-8-20)21-6-5-19(22)17-23-21/h5-6,17-18,20H,7-16H2,1-2H3. The molecule has 1 aromatic rings. The van der Waals surface area contributed by atoms with Gasteiger partial charge in [0.05, 0.1) is 17.7 Å². The Morgan fingerprint density at radius 3 is 2.48 bits per heavy atom. The summed E-state index contributed by atoms with van der Waals surface area (Å²) in [6.45, 7) is 12.4. The summed E-state index contributed by atoms with van der Waals surface area (Å²) in [7, 11) is 0. The van der Waals surface area contributed by atoms with Gasteiger partial charge >= 0.3 is 0 Å². The van der Waals surface area contributed by atoms with Crippen molar-refractivity contribution in [2.75, 3.05) is 57.3 Å². The number of piperidine rings is 1. The van der Waals surface area contributed by atoms with Crippen molar-refractivity contribution in [3.05, 3.63) is 23.4 Å². The molecule has 1 aromatic heterocycles. The molecule has 0 saturated carbocycles. The van der Waals surface area contributed by atoms with Crippen LogP contribution in [0.3, 0.4) is 0 Å². The van der Waals surface area contributed by atoms with E-state index in [2.05, 4.69) is 45.4 Å². The Kier molecular flexibility index (Phi) is 7.78. The van der Waals surface area contributed by atoms with Gasteiger partial charge in [0.1, 0.15) is 12.4 Å². The van der Waals surface area contributed by atoms with Gasteiger partial charge in [-0.05, 0) is 38.8 Å². The number of aromatic nitrogens is 1. The Bertz CT molecular complexity index is 624. The zero-order valence-electron chi connectivity index (χ0n) is 16.5. The predicted molar refractivity (Wildman–Crippen MR) is 111 cm³/mol. The highest BCUT2D eigenvalue weighted by Gasteiger charge is 2.20. The second-order valence-corrected chi connectivity index (χ2v) is 8.03. The third-order valence-corrected chi connectivity index (χ3v) is 5.66. The molecule has 0 N–H and O–H groups in total. The topological polar surface area (TPSA) is 31.8 Å². The predicted octanol–water partition coefficient (Wildman–Crippen LogP) is 2.75. The van der Waals surface area contributed by atoms with Crippen LogP contribution in [-0.4, -0.2) is 79.3 Å². The normalized spacial score (nSPS) is 19.9. The first-order valence-electron chi connectivity index (χ1n) is 10.0. The van der Waals surface area contributed by atoms with Crippen LogP contribution in [-0.2, 0) is 4.74 Å². The average Bonchev–Trinajstić information content (AvgIpc) is 2.69. The fraction of sp³-hybridized carbons (Fsp3) is 0.667. The SMILES string of the molecule is CC(C)N1CCN(CC#CCOC2CCN(c3ccc(Cl)cn3)CC2)CC1. The number of hydrogen-bond acceptors (Lipinski definition) is 5. The zero-order valence-corrected chi connectivity index (χ0v) is 17.3. The molecular formula is C21H31ClN4O. The van der Waals surface area contributed by atoms with E-state index >= 15 is 0 Å². The van der Waals surface area contributed by atoms with Crippen molar-refractivity contribution < 1.29 is 4.74 Å². The highest BCUT2D eigenvalue weighted by atomic mass is 35.5. The molecule has 148 valence electrons. The number of pyridine rings is 1. The van der Waals surface area contributed by atoms with Crippen LogP contribution in [0, 0.1) is 11.8 Å². The van der Waals surface area contributed by atoms with Gasteiger partial charge in [-0.3, -0.25) is 9.80 Å². The molecule has 3 rings (SSSR count). The van der Waals surface area contributed by atoms with Crippen molar-refractivity contribution in [2.45, 2.75) is 38.8 Å². The smallest absolute Gasteiger partial charge is 0.128 e. The van der Waals surface area contributed by atoms with E-state index in [1.54, 1.807) is 6.20 Å². The maximum absolute atomic E-state index is 5.96. The number of hydrogen-bond donors (Lipinski definition) is 0. The molecule has 0 unspecified atom stereocenters. The number of piperazine rings is 1. The molecule has 0 aromatic carbocycles. The Morgan fingerprint density at radius 2 is 1.85 bits per heavy atom. The van der Waals surface area contributed by atoms with Crippen LogP contribution in [0.1, 0.15) is 26.7 Å². The second kappa shape index (κ2) is 10.3. The van der Waals surface area contributed by atoms with Crippen LogP contribution in [0.5, 0.6) is 0 Å². The quantitative estimate of drug-likeness (QED) is 0.722. The minimum Gasteiger partial charge on any atom is -0.365 e. The minimum atomic E-state index is 0.303. The van der Waals surface area contributed by atoms with Crippen molar-refractivity contribution in [1.29, 1.82) is 0 Å². The van der Waals surface area contributed by atoms with E-state index in [9.17, 15) is 0 Å². The van der Waals surface area contributed by atoms with Gasteiger partial charge in [-0.25, -0.2) is 4.98 Å². The van der Waals surface area contributed by atoms with Gasteiger partial charge < -0.3 is 9.64 Å². The maximum atomic E-state index is 5.96. The Hall–Kier alpha value is -1.32. The Labute approximate surface area is 168 Å². The molecule has 0 radical (unpaired) electrons. The third-order valence-electron chi connectivity index (χ3n) is 5.43. The molecule has 0 spiro atoms. The number of halogens is 1. The third kappa shape index (κ3) is 6.36. The van der Waals surface area contributed by atoms with Gasteiger partial charge in [-0.2, -0.15) is 0 Å². The molecular weight excluding hydrogens is 360 g/mol. The van der Waals surface area contributed by atoms with Gasteiger partial charge in [-0.15, -0.1) is 0 Å². The maximum Gasteiger partial charge on any atom is 0.128 e. The van der Waals surface area contributed by atoms with Crippen molar-refractivity contribution in [1.82, 2.24) is 14.8 Å². The van der Waals surface area contributed by atoms with Gasteiger partial charge in [0, 0.05) is 51.5 Å². The summed E-state index contributed by atoms with van der Waals surface area (Å²) in [5.41, 5.74) is 0. The van der Waals surface area contributed by atoms with Crippen LogP contribution in [0.2, 0.25) is 5.02 Å². The van der Waals surface area contributed by atoms with Crippen molar-refractivity contribution >= 4 is 17.4 Å². The molecule has 2 aliphatic rings. The van der Waals surface area contributed by atoms with E-state index in [4.69, 9.17) is 16.3 Å². The number of ether oxygens (including phenoxy) is 1. The van der Waals surface area contributed by atoms with Crippen LogP contribution in [0.25, 0.3) is 0 Å². The highest BCUT2D eigenvalue weighted by molar-refractivity contribution is 6.30. The van der Waals surface area contributed by atoms with Crippen molar-refractivity contribution in [2.24, 2.45) is 0 Å². The van der Waals surface area contributed by atoms with E-state index in [1.807, 2.05) is 12.1 Å². The first-order valence-corrected chi connectivity index (χ1v) is 10.4. The molecule has 2 fully saturated rings. The number of nitrogens with zero attached hydrogens (tertiary/aromatic N) is 4. The number of rotatable bonds is 5. The monoisotopic (exact) mass is 390 g/mol. The molecule has 2 saturated heterocycles. The first-order chi connectivity index (χ1) is 13.1. The summed E-state index contributed by atoms with van der Waals surface area (Å²) in [6.07, 6.45) is 4.04. The first kappa shape index (κ1) is 20.4. The average molecular weight is 391 g/mol. The van der Waals surface area contributed by atoms with E-state index in [0.29, 0.717) is 23.8 Å². The molecule has 0 amide bonds.